The molecule has 4 saturated heterocycles. The van der Waals surface area contributed by atoms with Crippen LogP contribution in [0.15, 0.2) is 48.5 Å². The van der Waals surface area contributed by atoms with Crippen molar-refractivity contribution in [3.05, 3.63) is 81.6 Å². The van der Waals surface area contributed by atoms with Gasteiger partial charge in [0, 0.05) is 84.5 Å². The first kappa shape index (κ1) is 33.9. The van der Waals surface area contributed by atoms with Crippen LogP contribution in [0.1, 0.15) is 72.9 Å². The number of fused-ring (bicyclic) bond motifs is 2. The molecule has 2 spiro atoms. The summed E-state index contributed by atoms with van der Waals surface area (Å²) in [6.45, 7) is 3.31. The van der Waals surface area contributed by atoms with Crippen LogP contribution in [0.3, 0.4) is 0 Å². The molecule has 2 aliphatic carbocycles. The molecule has 2 aromatic carbocycles. The lowest BCUT2D eigenvalue weighted by Crippen LogP contribution is -2.67. The Kier molecular flexibility index (Phi) is 7.84. The van der Waals surface area contributed by atoms with Crippen molar-refractivity contribution in [1.29, 1.82) is 0 Å². The van der Waals surface area contributed by atoms with Crippen LogP contribution in [0.4, 0.5) is 4.39 Å². The van der Waals surface area contributed by atoms with Crippen molar-refractivity contribution in [3.8, 4) is 45.4 Å². The Balaban J connectivity index is 0.937. The Labute approximate surface area is 318 Å². The molecule has 2 amide bonds. The number of amides is 2. The first-order valence-corrected chi connectivity index (χ1v) is 19.4. The molecule has 1 unspecified atom stereocenters. The Hall–Kier alpha value is -4.58. The molecular weight excluding hydrogens is 707 g/mol. The van der Waals surface area contributed by atoms with E-state index >= 15 is 4.39 Å². The number of pyridine rings is 2. The van der Waals surface area contributed by atoms with E-state index in [0.717, 1.165) is 81.4 Å². The zero-order chi connectivity index (χ0) is 36.9. The van der Waals surface area contributed by atoms with Crippen molar-refractivity contribution in [3.63, 3.8) is 0 Å². The molecule has 2 atom stereocenters. The van der Waals surface area contributed by atoms with E-state index in [1.165, 1.54) is 5.56 Å². The number of nitrogens with zero attached hydrogens (tertiary/aromatic N) is 4. The number of likely N-dealkylation sites (tertiary alicyclic amines) is 2. The quantitative estimate of drug-likeness (QED) is 0.231. The standard InChI is InChI=1S/C42H42ClFN6O4/c1-53-39-35-23(9-11-31(35)49-19-41(20-49)15-13-33(51)47-41)17-29(45-39)27-7-3-5-25(37(27)43)26-6-4-8-28(38(26)44)30-18-24-10-12-32(36(24)40(46-30)54-2)50-21-42(22-50)16-14-34(52)48-42/h3-8,17-18,31-32H,9-16,19-22H2,1-2H3,(H,47,51)(H,48,52)/t31-,32?/m0/s1. The molecular formula is C42H42ClFN6O4. The Morgan fingerprint density at radius 2 is 1.17 bits per heavy atom. The van der Waals surface area contributed by atoms with Gasteiger partial charge in [-0.15, -0.1) is 0 Å². The number of carbonyl (C=O) groups is 2. The van der Waals surface area contributed by atoms with Crippen molar-refractivity contribution in [2.45, 2.75) is 74.5 Å². The molecule has 4 aliphatic heterocycles. The number of hydrogen-bond acceptors (Lipinski definition) is 8. The SMILES string of the molecule is COc1nc(-c2cccc(-c3cccc(-c4cc5c(c(OC)n4)[C@@H](N4CC6(CCC(=O)N6)C4)CC5)c3Cl)c2F)cc2c1C(N1CC3(CCC(=O)N3)C1)CC2. The number of hydrogen-bond donors (Lipinski definition) is 2. The van der Waals surface area contributed by atoms with Gasteiger partial charge >= 0.3 is 0 Å². The van der Waals surface area contributed by atoms with Gasteiger partial charge < -0.3 is 20.1 Å². The molecule has 12 heteroatoms. The van der Waals surface area contributed by atoms with Crippen LogP contribution in [-0.2, 0) is 22.4 Å². The molecule has 2 N–H and O–H groups in total. The van der Waals surface area contributed by atoms with Crippen molar-refractivity contribution in [2.24, 2.45) is 0 Å². The van der Waals surface area contributed by atoms with Crippen LogP contribution >= 0.6 is 11.6 Å². The van der Waals surface area contributed by atoms with Crippen molar-refractivity contribution in [2.75, 3.05) is 40.4 Å². The summed E-state index contributed by atoms with van der Waals surface area (Å²) in [5, 5.41) is 6.78. The topological polar surface area (TPSA) is 109 Å². The lowest BCUT2D eigenvalue weighted by atomic mass is 9.86. The van der Waals surface area contributed by atoms with Crippen molar-refractivity contribution < 1.29 is 23.5 Å². The molecule has 0 saturated carbocycles. The maximum Gasteiger partial charge on any atom is 0.220 e. The number of halogens is 2. The molecule has 0 radical (unpaired) electrons. The van der Waals surface area contributed by atoms with E-state index in [4.69, 9.17) is 31.0 Å². The molecule has 10 nitrogen and oxygen atoms in total. The minimum atomic E-state index is -0.407. The molecule has 4 aromatic rings. The highest BCUT2D eigenvalue weighted by Crippen LogP contribution is 2.49. The second-order valence-electron chi connectivity index (χ2n) is 16.1. The molecule has 54 heavy (non-hydrogen) atoms. The number of carbonyl (C=O) groups excluding carboxylic acids is 2. The van der Waals surface area contributed by atoms with E-state index in [-0.39, 0.29) is 35.0 Å². The Bertz CT molecular complexity index is 2100. The summed E-state index contributed by atoms with van der Waals surface area (Å²) in [6.07, 6.45) is 6.54. The summed E-state index contributed by atoms with van der Waals surface area (Å²) >= 11 is 7.18. The minimum absolute atomic E-state index is 0.0955. The fraction of sp³-hybridized carbons (Fsp3) is 0.429. The highest BCUT2D eigenvalue weighted by atomic mass is 35.5. The van der Waals surface area contributed by atoms with Gasteiger partial charge in [-0.2, -0.15) is 0 Å². The molecule has 6 aliphatic rings. The number of ether oxygens (including phenoxy) is 2. The number of nitrogens with one attached hydrogen (secondary N) is 2. The first-order valence-electron chi connectivity index (χ1n) is 19.0. The highest BCUT2D eigenvalue weighted by Gasteiger charge is 2.52. The van der Waals surface area contributed by atoms with Gasteiger partial charge in [0.2, 0.25) is 23.6 Å². The molecule has 0 bridgehead atoms. The van der Waals surface area contributed by atoms with Gasteiger partial charge in [-0.25, -0.2) is 14.4 Å². The summed E-state index contributed by atoms with van der Waals surface area (Å²) in [6, 6.07) is 15.4. The van der Waals surface area contributed by atoms with Gasteiger partial charge in [-0.1, -0.05) is 41.9 Å². The fourth-order valence-electron chi connectivity index (χ4n) is 10.3. The van der Waals surface area contributed by atoms with E-state index in [0.29, 0.717) is 63.3 Å². The maximum atomic E-state index is 16.8. The van der Waals surface area contributed by atoms with Gasteiger partial charge in [0.1, 0.15) is 5.82 Å². The van der Waals surface area contributed by atoms with Gasteiger partial charge in [0.15, 0.2) is 0 Å². The summed E-state index contributed by atoms with van der Waals surface area (Å²) in [4.78, 5) is 38.5. The number of rotatable bonds is 7. The lowest BCUT2D eigenvalue weighted by Gasteiger charge is -2.50. The van der Waals surface area contributed by atoms with Gasteiger partial charge in [0.25, 0.3) is 0 Å². The first-order chi connectivity index (χ1) is 26.2. The van der Waals surface area contributed by atoms with E-state index < -0.39 is 5.82 Å². The summed E-state index contributed by atoms with van der Waals surface area (Å²) in [7, 11) is 3.27. The monoisotopic (exact) mass is 748 g/mol. The lowest BCUT2D eigenvalue weighted by molar-refractivity contribution is -0.122. The normalized spacial score (nSPS) is 23.6. The Morgan fingerprint density at radius 1 is 0.704 bits per heavy atom. The van der Waals surface area contributed by atoms with Crippen LogP contribution in [0.2, 0.25) is 5.02 Å². The maximum absolute atomic E-state index is 16.8. The van der Waals surface area contributed by atoms with E-state index in [9.17, 15) is 9.59 Å². The largest absolute Gasteiger partial charge is 0.481 e. The van der Waals surface area contributed by atoms with Gasteiger partial charge in [-0.05, 0) is 67.9 Å². The van der Waals surface area contributed by atoms with Crippen LogP contribution in [-0.4, -0.2) is 83.1 Å². The third-order valence-electron chi connectivity index (χ3n) is 12.9. The van der Waals surface area contributed by atoms with Crippen molar-refractivity contribution in [1.82, 2.24) is 30.4 Å². The van der Waals surface area contributed by atoms with Crippen LogP contribution in [0, 0.1) is 5.82 Å². The molecule has 6 heterocycles. The average Bonchev–Trinajstić information content (AvgIpc) is 3.95. The van der Waals surface area contributed by atoms with Crippen LogP contribution < -0.4 is 20.1 Å². The van der Waals surface area contributed by atoms with Gasteiger partial charge in [-0.3, -0.25) is 19.4 Å². The fourth-order valence-corrected chi connectivity index (χ4v) is 10.6. The summed E-state index contributed by atoms with van der Waals surface area (Å²) < 4.78 is 28.5. The number of aryl methyl sites for hydroxylation is 2. The Morgan fingerprint density at radius 3 is 1.65 bits per heavy atom. The second-order valence-corrected chi connectivity index (χ2v) is 16.5. The highest BCUT2D eigenvalue weighted by molar-refractivity contribution is 6.36. The van der Waals surface area contributed by atoms with Crippen molar-refractivity contribution >= 4 is 23.4 Å². The predicted octanol–water partition coefficient (Wildman–Crippen LogP) is 6.19. The van der Waals surface area contributed by atoms with E-state index in [1.54, 1.807) is 26.4 Å². The number of aromatic nitrogens is 2. The molecule has 2 aromatic heterocycles. The summed E-state index contributed by atoms with van der Waals surface area (Å²) in [5.41, 5.74) is 7.47. The molecule has 10 rings (SSSR count). The zero-order valence-electron chi connectivity index (χ0n) is 30.4. The second kappa shape index (κ2) is 12.5. The number of methoxy groups -OCH3 is 2. The van der Waals surface area contributed by atoms with Crippen LogP contribution in [0.25, 0.3) is 33.6 Å². The van der Waals surface area contributed by atoms with Crippen LogP contribution in [0.5, 0.6) is 11.8 Å². The third kappa shape index (κ3) is 5.26. The van der Waals surface area contributed by atoms with E-state index in [2.05, 4.69) is 26.5 Å². The molecule has 278 valence electrons. The number of benzene rings is 2. The molecule has 4 fully saturated rings. The minimum Gasteiger partial charge on any atom is -0.481 e. The van der Waals surface area contributed by atoms with Gasteiger partial charge in [0.05, 0.1) is 41.7 Å². The average molecular weight is 749 g/mol. The zero-order valence-corrected chi connectivity index (χ0v) is 31.2. The third-order valence-corrected chi connectivity index (χ3v) is 13.3. The smallest absolute Gasteiger partial charge is 0.220 e. The summed E-state index contributed by atoms with van der Waals surface area (Å²) in [5.74, 6) is 0.965. The predicted molar refractivity (Wildman–Crippen MR) is 202 cm³/mol. The van der Waals surface area contributed by atoms with E-state index in [1.807, 2.05) is 30.3 Å².